The van der Waals surface area contributed by atoms with E-state index in [-0.39, 0.29) is 10.6 Å². The highest BCUT2D eigenvalue weighted by Gasteiger charge is 2.12. The van der Waals surface area contributed by atoms with Gasteiger partial charge in [-0.15, -0.1) is 0 Å². The highest BCUT2D eigenvalue weighted by molar-refractivity contribution is 6.36. The molecule has 0 saturated carbocycles. The predicted molar refractivity (Wildman–Crippen MR) is 96.5 cm³/mol. The molecule has 1 N–H and O–H groups in total. The maximum Gasteiger partial charge on any atom is 0.337 e. The number of anilines is 1. The van der Waals surface area contributed by atoms with E-state index in [1.807, 2.05) is 6.07 Å². The van der Waals surface area contributed by atoms with Crippen molar-refractivity contribution in [1.29, 1.82) is 5.26 Å². The Labute approximate surface area is 154 Å². The lowest BCUT2D eigenvalue weighted by Crippen LogP contribution is -2.13. The number of methoxy groups -OCH3 is 1. The number of nitrogens with one attached hydrogen (secondary N) is 1. The van der Waals surface area contributed by atoms with Crippen molar-refractivity contribution in [1.82, 2.24) is 0 Å². The summed E-state index contributed by atoms with van der Waals surface area (Å²) in [6, 6.07) is 12.7. The molecule has 0 aliphatic carbocycles. The lowest BCUT2D eigenvalue weighted by atomic mass is 10.1. The number of carbonyl (C=O) groups is 2. The van der Waals surface area contributed by atoms with Crippen molar-refractivity contribution in [2.75, 3.05) is 12.4 Å². The molecular formula is C18H12Cl2N2O3. The Morgan fingerprint density at radius 1 is 1.16 bits per heavy atom. The van der Waals surface area contributed by atoms with E-state index < -0.39 is 11.9 Å². The molecule has 5 nitrogen and oxygen atoms in total. The Hall–Kier alpha value is -2.81. The van der Waals surface area contributed by atoms with E-state index in [1.165, 1.54) is 19.3 Å². The van der Waals surface area contributed by atoms with Crippen LogP contribution in [0.15, 0.2) is 48.0 Å². The lowest BCUT2D eigenvalue weighted by molar-refractivity contribution is -0.112. The number of halogens is 2. The molecule has 126 valence electrons. The van der Waals surface area contributed by atoms with Crippen LogP contribution < -0.4 is 5.32 Å². The fraction of sp³-hybridized carbons (Fsp3) is 0.0556. The molecule has 2 aromatic rings. The molecule has 1 amide bonds. The van der Waals surface area contributed by atoms with Crippen LogP contribution in [-0.4, -0.2) is 19.0 Å². The second kappa shape index (κ2) is 8.34. The fourth-order valence-corrected chi connectivity index (χ4v) is 2.38. The number of esters is 1. The number of hydrogen-bond acceptors (Lipinski definition) is 4. The van der Waals surface area contributed by atoms with Crippen LogP contribution in [0.2, 0.25) is 10.0 Å². The van der Waals surface area contributed by atoms with Crippen molar-refractivity contribution in [3.05, 3.63) is 69.2 Å². The molecule has 25 heavy (non-hydrogen) atoms. The van der Waals surface area contributed by atoms with Crippen LogP contribution >= 0.6 is 23.2 Å². The summed E-state index contributed by atoms with van der Waals surface area (Å²) in [5.74, 6) is -1.07. The number of nitrogens with zero attached hydrogens (tertiary/aromatic N) is 1. The minimum atomic E-state index is -0.608. The molecule has 0 aliphatic rings. The smallest absolute Gasteiger partial charge is 0.337 e. The first kappa shape index (κ1) is 18.5. The fourth-order valence-electron chi connectivity index (χ4n) is 1.93. The predicted octanol–water partition coefficient (Wildman–Crippen LogP) is 4.33. The summed E-state index contributed by atoms with van der Waals surface area (Å²) in [6.07, 6.45) is 1.40. The third-order valence-corrected chi connectivity index (χ3v) is 3.74. The van der Waals surface area contributed by atoms with E-state index in [2.05, 4.69) is 10.1 Å². The number of rotatable bonds is 4. The van der Waals surface area contributed by atoms with Crippen molar-refractivity contribution in [3.8, 4) is 6.07 Å². The highest BCUT2D eigenvalue weighted by Crippen LogP contribution is 2.25. The van der Waals surface area contributed by atoms with Crippen LogP contribution in [0.4, 0.5) is 5.69 Å². The van der Waals surface area contributed by atoms with Gasteiger partial charge in [-0.25, -0.2) is 4.79 Å². The zero-order valence-electron chi connectivity index (χ0n) is 13.0. The molecule has 0 atom stereocenters. The topological polar surface area (TPSA) is 79.2 Å². The molecule has 0 bridgehead atoms. The van der Waals surface area contributed by atoms with Gasteiger partial charge < -0.3 is 10.1 Å². The Morgan fingerprint density at radius 3 is 2.40 bits per heavy atom. The molecule has 0 unspecified atom stereocenters. The zero-order valence-corrected chi connectivity index (χ0v) is 14.6. The first-order valence-corrected chi connectivity index (χ1v) is 7.76. The SMILES string of the molecule is COC(=O)c1ccc(/C=C(\C#N)C(=O)Nc2ccc(Cl)cc2Cl)cc1. The van der Waals surface area contributed by atoms with Crippen LogP contribution in [0.5, 0.6) is 0 Å². The first-order chi connectivity index (χ1) is 11.9. The van der Waals surface area contributed by atoms with Crippen molar-refractivity contribution >= 4 is 46.8 Å². The monoisotopic (exact) mass is 374 g/mol. The average molecular weight is 375 g/mol. The molecule has 7 heteroatoms. The van der Waals surface area contributed by atoms with Crippen LogP contribution in [0.25, 0.3) is 6.08 Å². The molecular weight excluding hydrogens is 363 g/mol. The maximum atomic E-state index is 12.2. The molecule has 2 aromatic carbocycles. The number of ether oxygens (including phenoxy) is 1. The van der Waals surface area contributed by atoms with Gasteiger partial charge in [-0.1, -0.05) is 35.3 Å². The Kier molecular flexibility index (Phi) is 6.18. The molecule has 0 saturated heterocycles. The average Bonchev–Trinajstić information content (AvgIpc) is 2.61. The third-order valence-electron chi connectivity index (χ3n) is 3.19. The normalized spacial score (nSPS) is 10.7. The second-order valence-electron chi connectivity index (χ2n) is 4.86. The quantitative estimate of drug-likeness (QED) is 0.490. The zero-order chi connectivity index (χ0) is 18.4. The van der Waals surface area contributed by atoms with Crippen molar-refractivity contribution < 1.29 is 14.3 Å². The van der Waals surface area contributed by atoms with Gasteiger partial charge in [0.25, 0.3) is 5.91 Å². The second-order valence-corrected chi connectivity index (χ2v) is 5.71. The van der Waals surface area contributed by atoms with Gasteiger partial charge in [-0.05, 0) is 42.0 Å². The minimum absolute atomic E-state index is 0.114. The van der Waals surface area contributed by atoms with Crippen molar-refractivity contribution in [2.45, 2.75) is 0 Å². The number of benzene rings is 2. The number of nitriles is 1. The van der Waals surface area contributed by atoms with E-state index >= 15 is 0 Å². The van der Waals surface area contributed by atoms with E-state index in [4.69, 9.17) is 23.2 Å². The van der Waals surface area contributed by atoms with Gasteiger partial charge in [0.15, 0.2) is 0 Å². The van der Waals surface area contributed by atoms with Crippen LogP contribution in [-0.2, 0) is 9.53 Å². The summed E-state index contributed by atoms with van der Waals surface area (Å²) in [7, 11) is 1.29. The number of carbonyl (C=O) groups excluding carboxylic acids is 2. The van der Waals surface area contributed by atoms with Crippen molar-refractivity contribution in [3.63, 3.8) is 0 Å². The Bertz CT molecular complexity index is 884. The Morgan fingerprint density at radius 2 is 1.84 bits per heavy atom. The van der Waals surface area contributed by atoms with Gasteiger partial charge in [0.1, 0.15) is 11.6 Å². The summed E-state index contributed by atoms with van der Waals surface area (Å²) in [5, 5.41) is 12.5. The summed E-state index contributed by atoms with van der Waals surface area (Å²) in [6.45, 7) is 0. The van der Waals surface area contributed by atoms with E-state index in [0.29, 0.717) is 21.8 Å². The van der Waals surface area contributed by atoms with Crippen LogP contribution in [0.1, 0.15) is 15.9 Å². The van der Waals surface area contributed by atoms with Gasteiger partial charge in [0, 0.05) is 5.02 Å². The third kappa shape index (κ3) is 4.83. The molecule has 0 heterocycles. The molecule has 0 aromatic heterocycles. The summed E-state index contributed by atoms with van der Waals surface area (Å²) < 4.78 is 4.61. The van der Waals surface area contributed by atoms with Gasteiger partial charge >= 0.3 is 5.97 Å². The van der Waals surface area contributed by atoms with Crippen LogP contribution in [0.3, 0.4) is 0 Å². The number of hydrogen-bond donors (Lipinski definition) is 1. The van der Waals surface area contributed by atoms with E-state index in [9.17, 15) is 14.9 Å². The van der Waals surface area contributed by atoms with E-state index in [0.717, 1.165) is 0 Å². The highest BCUT2D eigenvalue weighted by atomic mass is 35.5. The minimum Gasteiger partial charge on any atom is -0.465 e. The largest absolute Gasteiger partial charge is 0.465 e. The standard InChI is InChI=1S/C18H12Cl2N2O3/c1-25-18(24)12-4-2-11(3-5-12)8-13(10-21)17(23)22-16-7-6-14(19)9-15(16)20/h2-9H,1H3,(H,22,23)/b13-8+. The molecule has 0 spiro atoms. The van der Waals surface area contributed by atoms with E-state index in [1.54, 1.807) is 36.4 Å². The molecule has 0 aliphatic heterocycles. The summed E-state index contributed by atoms with van der Waals surface area (Å²) in [5.41, 5.74) is 1.19. The maximum absolute atomic E-state index is 12.2. The van der Waals surface area contributed by atoms with Gasteiger partial charge in [-0.3, -0.25) is 4.79 Å². The van der Waals surface area contributed by atoms with Crippen LogP contribution in [0, 0.1) is 11.3 Å². The molecule has 0 fully saturated rings. The lowest BCUT2D eigenvalue weighted by Gasteiger charge is -2.07. The number of amides is 1. The summed E-state index contributed by atoms with van der Waals surface area (Å²) >= 11 is 11.8. The van der Waals surface area contributed by atoms with Gasteiger partial charge in [0.2, 0.25) is 0 Å². The first-order valence-electron chi connectivity index (χ1n) is 7.01. The van der Waals surface area contributed by atoms with Crippen molar-refractivity contribution in [2.24, 2.45) is 0 Å². The molecule has 0 radical (unpaired) electrons. The van der Waals surface area contributed by atoms with Gasteiger partial charge in [0.05, 0.1) is 23.4 Å². The van der Waals surface area contributed by atoms with Gasteiger partial charge in [-0.2, -0.15) is 5.26 Å². The molecule has 2 rings (SSSR count). The summed E-state index contributed by atoms with van der Waals surface area (Å²) in [4.78, 5) is 23.6. The Balaban J connectivity index is 2.20.